The zero-order valence-electron chi connectivity index (χ0n) is 17.7. The predicted octanol–water partition coefficient (Wildman–Crippen LogP) is 4.30. The fourth-order valence-corrected chi connectivity index (χ4v) is 4.87. The normalized spacial score (nSPS) is 19.7. The minimum atomic E-state index is -0.252. The van der Waals surface area contributed by atoms with E-state index in [1.54, 1.807) is 11.3 Å². The molecule has 1 aromatic carbocycles. The lowest BCUT2D eigenvalue weighted by atomic mass is 9.98. The summed E-state index contributed by atoms with van der Waals surface area (Å²) in [6.07, 6.45) is 2.65. The monoisotopic (exact) mass is 439 g/mol. The van der Waals surface area contributed by atoms with Gasteiger partial charge in [-0.3, -0.25) is 4.79 Å². The van der Waals surface area contributed by atoms with Crippen molar-refractivity contribution < 1.29 is 18.7 Å². The number of benzene rings is 1. The van der Waals surface area contributed by atoms with Crippen LogP contribution in [0, 0.1) is 0 Å². The first kappa shape index (κ1) is 20.1. The Morgan fingerprint density at radius 2 is 2.23 bits per heavy atom. The molecule has 0 saturated carbocycles. The van der Waals surface area contributed by atoms with Gasteiger partial charge in [0.15, 0.2) is 18.1 Å². The standard InChI is InChI=1S/C23H25N3O4S/c1-23(2)11-15-5-3-7-18(20(15)30-23)28-13-19(27)26-9-4-6-16(12-26)21-24-25-22(29-21)17-8-10-31-14-17/h3,5,7-8,10,14,16H,4,6,9,11-13H2,1-2H3/t16-/m1/s1. The van der Waals surface area contributed by atoms with Crippen LogP contribution in [0.15, 0.2) is 39.4 Å². The van der Waals surface area contributed by atoms with Gasteiger partial charge in [-0.1, -0.05) is 12.1 Å². The number of thiophene rings is 1. The molecule has 4 heterocycles. The van der Waals surface area contributed by atoms with Gasteiger partial charge in [-0.2, -0.15) is 11.3 Å². The highest BCUT2D eigenvalue weighted by Gasteiger charge is 2.33. The molecule has 0 spiro atoms. The number of hydrogen-bond acceptors (Lipinski definition) is 7. The third-order valence-electron chi connectivity index (χ3n) is 5.74. The van der Waals surface area contributed by atoms with Gasteiger partial charge in [-0.25, -0.2) is 0 Å². The number of hydrogen-bond donors (Lipinski definition) is 0. The Labute approximate surface area is 185 Å². The van der Waals surface area contributed by atoms with Crippen molar-refractivity contribution in [1.82, 2.24) is 15.1 Å². The number of piperidine rings is 1. The van der Waals surface area contributed by atoms with Gasteiger partial charge in [0.1, 0.15) is 5.60 Å². The Morgan fingerprint density at radius 1 is 1.32 bits per heavy atom. The summed E-state index contributed by atoms with van der Waals surface area (Å²) in [6, 6.07) is 7.81. The van der Waals surface area contributed by atoms with Crippen LogP contribution in [0.3, 0.4) is 0 Å². The Balaban J connectivity index is 1.22. The second-order valence-corrected chi connectivity index (χ2v) is 9.49. The van der Waals surface area contributed by atoms with Crippen molar-refractivity contribution in [2.45, 2.75) is 44.6 Å². The number of carbonyl (C=O) groups excluding carboxylic acids is 1. The van der Waals surface area contributed by atoms with Gasteiger partial charge in [-0.15, -0.1) is 10.2 Å². The van der Waals surface area contributed by atoms with Crippen LogP contribution in [0.5, 0.6) is 11.5 Å². The number of para-hydroxylation sites is 1. The van der Waals surface area contributed by atoms with Crippen LogP contribution in [-0.4, -0.2) is 46.3 Å². The van der Waals surface area contributed by atoms with Crippen molar-refractivity contribution in [2.75, 3.05) is 19.7 Å². The van der Waals surface area contributed by atoms with E-state index in [0.29, 0.717) is 30.6 Å². The molecule has 0 radical (unpaired) electrons. The lowest BCUT2D eigenvalue weighted by molar-refractivity contribution is -0.134. The van der Waals surface area contributed by atoms with E-state index in [4.69, 9.17) is 13.9 Å². The quantitative estimate of drug-likeness (QED) is 0.590. The van der Waals surface area contributed by atoms with Crippen LogP contribution in [0.1, 0.15) is 44.1 Å². The first-order chi connectivity index (χ1) is 15.0. The van der Waals surface area contributed by atoms with Gasteiger partial charge in [0.2, 0.25) is 11.8 Å². The summed E-state index contributed by atoms with van der Waals surface area (Å²) in [5.41, 5.74) is 1.80. The number of fused-ring (bicyclic) bond motifs is 1. The summed E-state index contributed by atoms with van der Waals surface area (Å²) >= 11 is 1.59. The molecule has 3 aromatic rings. The van der Waals surface area contributed by atoms with E-state index in [1.807, 2.05) is 39.9 Å². The third kappa shape index (κ3) is 4.17. The molecule has 0 bridgehead atoms. The van der Waals surface area contributed by atoms with Gasteiger partial charge in [-0.05, 0) is 44.2 Å². The fraction of sp³-hybridized carbons (Fsp3) is 0.435. The van der Waals surface area contributed by atoms with E-state index < -0.39 is 0 Å². The maximum Gasteiger partial charge on any atom is 0.260 e. The summed E-state index contributed by atoms with van der Waals surface area (Å²) < 4.78 is 17.8. The first-order valence-corrected chi connectivity index (χ1v) is 11.5. The summed E-state index contributed by atoms with van der Waals surface area (Å²) in [7, 11) is 0. The van der Waals surface area contributed by atoms with E-state index in [1.165, 1.54) is 0 Å². The van der Waals surface area contributed by atoms with Crippen LogP contribution >= 0.6 is 11.3 Å². The highest BCUT2D eigenvalue weighted by atomic mass is 32.1. The number of ether oxygens (including phenoxy) is 2. The van der Waals surface area contributed by atoms with Crippen molar-refractivity contribution in [3.05, 3.63) is 46.5 Å². The smallest absolute Gasteiger partial charge is 0.260 e. The highest BCUT2D eigenvalue weighted by Crippen LogP contribution is 2.41. The van der Waals surface area contributed by atoms with Gasteiger partial charge < -0.3 is 18.8 Å². The van der Waals surface area contributed by atoms with E-state index in [9.17, 15) is 4.79 Å². The number of carbonyl (C=O) groups is 1. The summed E-state index contributed by atoms with van der Waals surface area (Å²) in [6.45, 7) is 5.36. The maximum absolute atomic E-state index is 12.9. The summed E-state index contributed by atoms with van der Waals surface area (Å²) in [5.74, 6) is 2.51. The van der Waals surface area contributed by atoms with Crippen LogP contribution < -0.4 is 9.47 Å². The Bertz CT molecular complexity index is 1080. The van der Waals surface area contributed by atoms with Gasteiger partial charge >= 0.3 is 0 Å². The van der Waals surface area contributed by atoms with Crippen LogP contribution in [0.25, 0.3) is 11.5 Å². The van der Waals surface area contributed by atoms with Gasteiger partial charge in [0.05, 0.1) is 5.92 Å². The Kier molecular flexibility index (Phi) is 5.17. The molecule has 1 amide bonds. The van der Waals surface area contributed by atoms with Gasteiger partial charge in [0, 0.05) is 36.0 Å². The number of likely N-dealkylation sites (tertiary alicyclic amines) is 1. The highest BCUT2D eigenvalue weighted by molar-refractivity contribution is 7.08. The predicted molar refractivity (Wildman–Crippen MR) is 117 cm³/mol. The molecule has 1 fully saturated rings. The van der Waals surface area contributed by atoms with Crippen molar-refractivity contribution in [3.8, 4) is 23.0 Å². The lowest BCUT2D eigenvalue weighted by Crippen LogP contribution is -2.41. The van der Waals surface area contributed by atoms with E-state index in [0.717, 1.165) is 36.1 Å². The van der Waals surface area contributed by atoms with E-state index >= 15 is 0 Å². The maximum atomic E-state index is 12.9. The molecule has 1 saturated heterocycles. The number of nitrogens with zero attached hydrogens (tertiary/aromatic N) is 3. The van der Waals surface area contributed by atoms with Crippen molar-refractivity contribution >= 4 is 17.2 Å². The second kappa shape index (κ2) is 8.00. The zero-order valence-corrected chi connectivity index (χ0v) is 18.5. The largest absolute Gasteiger partial charge is 0.483 e. The van der Waals surface area contributed by atoms with Crippen LogP contribution in [0.4, 0.5) is 0 Å². The van der Waals surface area contributed by atoms with Crippen LogP contribution in [0.2, 0.25) is 0 Å². The molecule has 0 unspecified atom stereocenters. The summed E-state index contributed by atoms with van der Waals surface area (Å²) in [5, 5.41) is 12.4. The van der Waals surface area contributed by atoms with Gasteiger partial charge in [0.25, 0.3) is 5.91 Å². The molecular weight excluding hydrogens is 414 g/mol. The molecule has 0 aliphatic carbocycles. The number of aromatic nitrogens is 2. The second-order valence-electron chi connectivity index (χ2n) is 8.71. The fourth-order valence-electron chi connectivity index (χ4n) is 4.24. The average molecular weight is 440 g/mol. The number of amides is 1. The third-order valence-corrected chi connectivity index (χ3v) is 6.42. The lowest BCUT2D eigenvalue weighted by Gasteiger charge is -2.31. The Hall–Kier alpha value is -2.87. The van der Waals surface area contributed by atoms with Crippen LogP contribution in [-0.2, 0) is 11.2 Å². The molecule has 0 N–H and O–H groups in total. The first-order valence-electron chi connectivity index (χ1n) is 10.6. The SMILES string of the molecule is CC1(C)Cc2cccc(OCC(=O)N3CCC[C@@H](c4nnc(-c5ccsc5)o4)C3)c2O1. The van der Waals surface area contributed by atoms with Crippen molar-refractivity contribution in [1.29, 1.82) is 0 Å². The molecular formula is C23H25N3O4S. The zero-order chi connectivity index (χ0) is 21.4. The molecule has 2 aliphatic heterocycles. The topological polar surface area (TPSA) is 77.7 Å². The van der Waals surface area contributed by atoms with Crippen molar-refractivity contribution in [3.63, 3.8) is 0 Å². The molecule has 5 rings (SSSR count). The molecule has 162 valence electrons. The summed E-state index contributed by atoms with van der Waals surface area (Å²) in [4.78, 5) is 14.7. The number of rotatable bonds is 5. The van der Waals surface area contributed by atoms with Crippen molar-refractivity contribution in [2.24, 2.45) is 0 Å². The van der Waals surface area contributed by atoms with E-state index in [2.05, 4.69) is 24.0 Å². The average Bonchev–Trinajstić information content (AvgIpc) is 3.50. The molecule has 31 heavy (non-hydrogen) atoms. The molecule has 7 nitrogen and oxygen atoms in total. The molecule has 2 aromatic heterocycles. The molecule has 2 aliphatic rings. The molecule has 1 atom stereocenters. The van der Waals surface area contributed by atoms with E-state index in [-0.39, 0.29) is 24.0 Å². The minimum absolute atomic E-state index is 0.0169. The Morgan fingerprint density at radius 3 is 3.06 bits per heavy atom. The molecule has 8 heteroatoms. The minimum Gasteiger partial charge on any atom is -0.483 e.